The Hall–Kier alpha value is -2.18. The zero-order valence-electron chi connectivity index (χ0n) is 14.3. The summed E-state index contributed by atoms with van der Waals surface area (Å²) in [5, 5.41) is 0. The van der Waals surface area contributed by atoms with E-state index in [0.29, 0.717) is 32.1 Å². The molecular weight excluding hydrogens is 320 g/mol. The molecule has 25 heavy (non-hydrogen) atoms. The number of aryl methyl sites for hydroxylation is 1. The zero-order chi connectivity index (χ0) is 17.3. The van der Waals surface area contributed by atoms with Crippen molar-refractivity contribution >= 4 is 5.91 Å². The summed E-state index contributed by atoms with van der Waals surface area (Å²) in [6.07, 6.45) is 5.14. The minimum absolute atomic E-state index is 0.0618. The predicted molar refractivity (Wildman–Crippen MR) is 90.1 cm³/mol. The fourth-order valence-corrected chi connectivity index (χ4v) is 3.56. The fourth-order valence-electron chi connectivity index (χ4n) is 3.56. The van der Waals surface area contributed by atoms with Crippen LogP contribution < -0.4 is 0 Å². The highest BCUT2D eigenvalue weighted by atomic mass is 16.5. The Morgan fingerprint density at radius 3 is 3.00 bits per heavy atom. The van der Waals surface area contributed by atoms with Crippen molar-refractivity contribution in [2.75, 3.05) is 19.7 Å². The van der Waals surface area contributed by atoms with Crippen molar-refractivity contribution in [2.45, 2.75) is 38.1 Å². The van der Waals surface area contributed by atoms with Crippen LogP contribution in [0.1, 0.15) is 34.7 Å². The van der Waals surface area contributed by atoms with Gasteiger partial charge in [-0.3, -0.25) is 9.78 Å². The molecule has 1 amide bonds. The van der Waals surface area contributed by atoms with Gasteiger partial charge in [-0.05, 0) is 31.5 Å². The molecule has 1 atom stereocenters. The van der Waals surface area contributed by atoms with Crippen LogP contribution in [-0.2, 0) is 16.1 Å². The maximum atomic E-state index is 12.5. The van der Waals surface area contributed by atoms with Crippen LogP contribution in [0.15, 0.2) is 41.1 Å². The van der Waals surface area contributed by atoms with Crippen LogP contribution in [0.2, 0.25) is 0 Å². The topological polar surface area (TPSA) is 64.8 Å². The highest BCUT2D eigenvalue weighted by molar-refractivity contribution is 5.93. The number of amides is 1. The predicted octanol–water partition coefficient (Wildman–Crippen LogP) is 2.57. The fraction of sp³-hybridized carbons (Fsp3) is 0.474. The van der Waals surface area contributed by atoms with Crippen molar-refractivity contribution in [3.05, 3.63) is 53.7 Å². The minimum atomic E-state index is -0.275. The lowest BCUT2D eigenvalue weighted by atomic mass is 9.84. The van der Waals surface area contributed by atoms with Crippen LogP contribution in [0.4, 0.5) is 0 Å². The van der Waals surface area contributed by atoms with Gasteiger partial charge >= 0.3 is 0 Å². The number of hydrogen-bond donors (Lipinski definition) is 0. The number of hydrogen-bond acceptors (Lipinski definition) is 5. The lowest BCUT2D eigenvalue weighted by Crippen LogP contribution is -2.67. The number of likely N-dealkylation sites (tertiary alicyclic amines) is 1. The van der Waals surface area contributed by atoms with E-state index in [1.807, 2.05) is 25.1 Å². The zero-order valence-corrected chi connectivity index (χ0v) is 14.3. The van der Waals surface area contributed by atoms with Crippen LogP contribution in [-0.4, -0.2) is 47.2 Å². The molecule has 2 saturated heterocycles. The summed E-state index contributed by atoms with van der Waals surface area (Å²) in [6.45, 7) is 4.24. The lowest BCUT2D eigenvalue weighted by molar-refractivity contribution is -0.188. The molecule has 0 unspecified atom stereocenters. The maximum Gasteiger partial charge on any atom is 0.290 e. The molecule has 2 aromatic rings. The third-order valence-electron chi connectivity index (χ3n) is 4.94. The van der Waals surface area contributed by atoms with E-state index >= 15 is 0 Å². The highest BCUT2D eigenvalue weighted by Gasteiger charge is 2.50. The normalized spacial score (nSPS) is 22.0. The van der Waals surface area contributed by atoms with Crippen molar-refractivity contribution in [3.63, 3.8) is 0 Å². The number of nitrogens with zero attached hydrogens (tertiary/aromatic N) is 2. The van der Waals surface area contributed by atoms with E-state index in [1.54, 1.807) is 23.4 Å². The third kappa shape index (κ3) is 3.32. The SMILES string of the molecule is Cc1ccoc1C(=O)N1CC2(C[C@H](OCc3ccccn3)CCO2)C1. The first-order chi connectivity index (χ1) is 12.2. The third-order valence-corrected chi connectivity index (χ3v) is 4.94. The van der Waals surface area contributed by atoms with E-state index in [2.05, 4.69) is 4.98 Å². The molecule has 2 aromatic heterocycles. The quantitative estimate of drug-likeness (QED) is 0.854. The van der Waals surface area contributed by atoms with E-state index in [1.165, 1.54) is 0 Å². The maximum absolute atomic E-state index is 12.5. The number of carbonyl (C=O) groups excluding carboxylic acids is 1. The second-order valence-corrected chi connectivity index (χ2v) is 6.87. The molecule has 2 aliphatic heterocycles. The standard InChI is InChI=1S/C19H22N2O4/c1-14-5-8-23-17(14)18(22)21-12-19(13-21)10-16(6-9-25-19)24-11-15-4-2-3-7-20-15/h2-5,7-8,16H,6,9-13H2,1H3/t16-/m1/s1. The van der Waals surface area contributed by atoms with Gasteiger partial charge in [0.25, 0.3) is 5.91 Å². The molecule has 0 bridgehead atoms. The van der Waals surface area contributed by atoms with Crippen LogP contribution in [0, 0.1) is 6.92 Å². The molecule has 4 heterocycles. The summed E-state index contributed by atoms with van der Waals surface area (Å²) in [5.41, 5.74) is 1.53. The summed E-state index contributed by atoms with van der Waals surface area (Å²) >= 11 is 0. The largest absolute Gasteiger partial charge is 0.459 e. The molecule has 4 rings (SSSR count). The van der Waals surface area contributed by atoms with Crippen molar-refractivity contribution < 1.29 is 18.7 Å². The number of ether oxygens (including phenoxy) is 2. The van der Waals surface area contributed by atoms with Crippen LogP contribution in [0.25, 0.3) is 0 Å². The Bertz CT molecular complexity index is 737. The number of furan rings is 1. The molecule has 0 radical (unpaired) electrons. The summed E-state index contributed by atoms with van der Waals surface area (Å²) in [7, 11) is 0. The molecule has 0 N–H and O–H groups in total. The lowest BCUT2D eigenvalue weighted by Gasteiger charge is -2.52. The molecule has 0 aliphatic carbocycles. The average Bonchev–Trinajstić information content (AvgIpc) is 3.04. The van der Waals surface area contributed by atoms with Gasteiger partial charge in [0.1, 0.15) is 5.60 Å². The first-order valence-electron chi connectivity index (χ1n) is 8.64. The second-order valence-electron chi connectivity index (χ2n) is 6.87. The Kier molecular flexibility index (Phi) is 4.31. The molecule has 2 fully saturated rings. The van der Waals surface area contributed by atoms with E-state index in [4.69, 9.17) is 13.9 Å². The van der Waals surface area contributed by atoms with Gasteiger partial charge in [-0.1, -0.05) is 6.07 Å². The summed E-state index contributed by atoms with van der Waals surface area (Å²) in [5.74, 6) is 0.363. The molecule has 6 nitrogen and oxygen atoms in total. The van der Waals surface area contributed by atoms with Gasteiger partial charge in [0.15, 0.2) is 5.76 Å². The van der Waals surface area contributed by atoms with Crippen molar-refractivity contribution in [1.82, 2.24) is 9.88 Å². The Morgan fingerprint density at radius 1 is 1.40 bits per heavy atom. The van der Waals surface area contributed by atoms with Crippen LogP contribution in [0.3, 0.4) is 0 Å². The van der Waals surface area contributed by atoms with Gasteiger partial charge in [0, 0.05) is 24.8 Å². The van der Waals surface area contributed by atoms with E-state index in [0.717, 1.165) is 24.1 Å². The van der Waals surface area contributed by atoms with Gasteiger partial charge in [-0.2, -0.15) is 0 Å². The van der Waals surface area contributed by atoms with Gasteiger partial charge in [-0.25, -0.2) is 0 Å². The molecular formula is C19H22N2O4. The van der Waals surface area contributed by atoms with Crippen LogP contribution >= 0.6 is 0 Å². The molecule has 132 valence electrons. The van der Waals surface area contributed by atoms with Crippen molar-refractivity contribution in [3.8, 4) is 0 Å². The molecule has 2 aliphatic rings. The van der Waals surface area contributed by atoms with Crippen molar-refractivity contribution in [2.24, 2.45) is 0 Å². The Morgan fingerprint density at radius 2 is 2.28 bits per heavy atom. The molecule has 0 saturated carbocycles. The van der Waals surface area contributed by atoms with Gasteiger partial charge < -0.3 is 18.8 Å². The van der Waals surface area contributed by atoms with E-state index in [-0.39, 0.29) is 17.6 Å². The van der Waals surface area contributed by atoms with E-state index in [9.17, 15) is 4.79 Å². The molecule has 6 heteroatoms. The summed E-state index contributed by atoms with van der Waals surface area (Å²) < 4.78 is 17.3. The number of carbonyl (C=O) groups is 1. The molecule has 1 spiro atoms. The van der Waals surface area contributed by atoms with Gasteiger partial charge in [0.05, 0.1) is 37.8 Å². The Balaban J connectivity index is 1.32. The molecule has 0 aromatic carbocycles. The number of aromatic nitrogens is 1. The summed E-state index contributed by atoms with van der Waals surface area (Å²) in [6, 6.07) is 7.63. The average molecular weight is 342 g/mol. The second kappa shape index (κ2) is 6.61. The summed E-state index contributed by atoms with van der Waals surface area (Å²) in [4.78, 5) is 18.5. The van der Waals surface area contributed by atoms with Gasteiger partial charge in [-0.15, -0.1) is 0 Å². The first kappa shape index (κ1) is 16.3. The number of pyridine rings is 1. The van der Waals surface area contributed by atoms with Crippen molar-refractivity contribution in [1.29, 1.82) is 0 Å². The monoisotopic (exact) mass is 342 g/mol. The highest BCUT2D eigenvalue weighted by Crippen LogP contribution is 2.36. The minimum Gasteiger partial charge on any atom is -0.459 e. The smallest absolute Gasteiger partial charge is 0.290 e. The van der Waals surface area contributed by atoms with Gasteiger partial charge in [0.2, 0.25) is 0 Å². The first-order valence-corrected chi connectivity index (χ1v) is 8.64. The number of rotatable bonds is 4. The van der Waals surface area contributed by atoms with E-state index < -0.39 is 0 Å². The van der Waals surface area contributed by atoms with Crippen LogP contribution in [0.5, 0.6) is 0 Å². The Labute approximate surface area is 146 Å².